The Bertz CT molecular complexity index is 692. The molecule has 0 bridgehead atoms. The number of piperazine rings is 1. The summed E-state index contributed by atoms with van der Waals surface area (Å²) in [6.07, 6.45) is 4.26. The van der Waals surface area contributed by atoms with E-state index in [0.29, 0.717) is 0 Å². The van der Waals surface area contributed by atoms with Crippen molar-refractivity contribution in [1.82, 2.24) is 10.2 Å². The lowest BCUT2D eigenvalue weighted by Crippen LogP contribution is -2.47. The number of nitrogens with one attached hydrogen (secondary N) is 2. The summed E-state index contributed by atoms with van der Waals surface area (Å²) in [4.78, 5) is 29.4. The molecule has 1 aliphatic carbocycles. The van der Waals surface area contributed by atoms with Crippen LogP contribution in [0.2, 0.25) is 0 Å². The second-order valence-corrected chi connectivity index (χ2v) is 8.13. The first kappa shape index (κ1) is 20.6. The van der Waals surface area contributed by atoms with Crippen molar-refractivity contribution in [2.75, 3.05) is 42.9 Å². The quantitative estimate of drug-likeness (QED) is 0.789. The second kappa shape index (κ2) is 9.41. The highest BCUT2D eigenvalue weighted by atomic mass is 16.2. The van der Waals surface area contributed by atoms with Crippen molar-refractivity contribution in [3.63, 3.8) is 0 Å². The van der Waals surface area contributed by atoms with Crippen molar-refractivity contribution in [3.8, 4) is 0 Å². The smallest absolute Gasteiger partial charge is 0.247 e. The van der Waals surface area contributed by atoms with Crippen LogP contribution in [0.4, 0.5) is 11.4 Å². The van der Waals surface area contributed by atoms with Gasteiger partial charge in [-0.05, 0) is 56.0 Å². The molecule has 1 aliphatic heterocycles. The minimum Gasteiger partial charge on any atom is -0.369 e. The maximum absolute atomic E-state index is 12.9. The number of hydrogen-bond donors (Lipinski definition) is 2. The molecule has 1 atom stereocenters. The number of amides is 2. The molecule has 0 radical (unpaired) electrons. The van der Waals surface area contributed by atoms with Gasteiger partial charge >= 0.3 is 0 Å². The molecule has 2 amide bonds. The Morgan fingerprint density at radius 3 is 2.39 bits per heavy atom. The Kier molecular flexibility index (Phi) is 6.94. The van der Waals surface area contributed by atoms with Gasteiger partial charge < -0.3 is 20.4 Å². The lowest BCUT2D eigenvalue weighted by molar-refractivity contribution is -0.126. The first-order valence-corrected chi connectivity index (χ1v) is 10.6. The van der Waals surface area contributed by atoms with Crippen LogP contribution in [0.25, 0.3) is 0 Å². The third-order valence-electron chi connectivity index (χ3n) is 6.16. The van der Waals surface area contributed by atoms with E-state index in [4.69, 9.17) is 0 Å². The van der Waals surface area contributed by atoms with Gasteiger partial charge in [0.15, 0.2) is 0 Å². The lowest BCUT2D eigenvalue weighted by Gasteiger charge is -2.35. The van der Waals surface area contributed by atoms with Crippen LogP contribution in [0.5, 0.6) is 0 Å². The summed E-state index contributed by atoms with van der Waals surface area (Å²) in [5.74, 6) is -0.0156. The van der Waals surface area contributed by atoms with Gasteiger partial charge in [-0.3, -0.25) is 9.59 Å². The summed E-state index contributed by atoms with van der Waals surface area (Å²) < 4.78 is 0. The Balaban J connectivity index is 1.66. The number of aryl methyl sites for hydroxylation is 1. The average molecular weight is 387 g/mol. The average Bonchev–Trinajstić information content (AvgIpc) is 3.22. The summed E-state index contributed by atoms with van der Waals surface area (Å²) >= 11 is 0. The van der Waals surface area contributed by atoms with Crippen LogP contribution in [0, 0.1) is 12.8 Å². The molecule has 1 saturated heterocycles. The molecule has 2 aliphatic rings. The maximum atomic E-state index is 12.9. The molecule has 1 saturated carbocycles. The van der Waals surface area contributed by atoms with E-state index in [9.17, 15) is 9.59 Å². The molecular formula is C22H34N4O2. The van der Waals surface area contributed by atoms with Gasteiger partial charge in [0.05, 0.1) is 0 Å². The van der Waals surface area contributed by atoms with Crippen LogP contribution >= 0.6 is 0 Å². The van der Waals surface area contributed by atoms with E-state index in [1.54, 1.807) is 0 Å². The third-order valence-corrected chi connectivity index (χ3v) is 6.16. The fraction of sp³-hybridized carbons (Fsp3) is 0.636. The first-order chi connectivity index (χ1) is 13.5. The van der Waals surface area contributed by atoms with Gasteiger partial charge in [0.1, 0.15) is 6.04 Å². The van der Waals surface area contributed by atoms with Gasteiger partial charge in [0.2, 0.25) is 11.8 Å². The molecule has 1 aromatic carbocycles. The lowest BCUT2D eigenvalue weighted by atomic mass is 9.97. The number of likely N-dealkylation sites (N-methyl/N-ethyl adjacent to an activating group) is 1. The Labute approximate surface area is 168 Å². The van der Waals surface area contributed by atoms with Crippen LogP contribution in [-0.4, -0.2) is 55.5 Å². The highest BCUT2D eigenvalue weighted by Gasteiger charge is 2.31. The zero-order valence-corrected chi connectivity index (χ0v) is 17.5. The second-order valence-electron chi connectivity index (χ2n) is 8.13. The summed E-state index contributed by atoms with van der Waals surface area (Å²) in [5.41, 5.74) is 3.09. The molecule has 154 valence electrons. The van der Waals surface area contributed by atoms with Crippen LogP contribution in [0.15, 0.2) is 18.2 Å². The molecule has 28 heavy (non-hydrogen) atoms. The third kappa shape index (κ3) is 5.04. The van der Waals surface area contributed by atoms with E-state index < -0.39 is 6.04 Å². The number of nitrogens with zero attached hydrogens (tertiary/aromatic N) is 2. The van der Waals surface area contributed by atoms with Crippen LogP contribution in [-0.2, 0) is 9.59 Å². The summed E-state index contributed by atoms with van der Waals surface area (Å²) in [7, 11) is 0. The highest BCUT2D eigenvalue weighted by molar-refractivity contribution is 5.97. The predicted octanol–water partition coefficient (Wildman–Crippen LogP) is 2.77. The molecule has 1 aromatic rings. The van der Waals surface area contributed by atoms with Crippen molar-refractivity contribution in [2.24, 2.45) is 5.92 Å². The molecule has 1 unspecified atom stereocenters. The summed E-state index contributed by atoms with van der Waals surface area (Å²) in [6, 6.07) is 5.79. The molecule has 0 spiro atoms. The van der Waals surface area contributed by atoms with Crippen molar-refractivity contribution in [2.45, 2.75) is 52.5 Å². The molecular weight excluding hydrogens is 352 g/mol. The molecule has 1 heterocycles. The SMILES string of the molecule is CCN1CCN(c2ccc(NC(=O)C(NC(C)=O)C3CCCC3)c(C)c2)CC1. The number of benzene rings is 1. The number of rotatable bonds is 6. The van der Waals surface area contributed by atoms with Crippen molar-refractivity contribution in [3.05, 3.63) is 23.8 Å². The van der Waals surface area contributed by atoms with Crippen molar-refractivity contribution >= 4 is 23.2 Å². The number of hydrogen-bond acceptors (Lipinski definition) is 4. The molecule has 6 heteroatoms. The molecule has 6 nitrogen and oxygen atoms in total. The van der Waals surface area contributed by atoms with Gasteiger partial charge in [-0.15, -0.1) is 0 Å². The number of carbonyl (C=O) groups excluding carboxylic acids is 2. The van der Waals surface area contributed by atoms with Crippen LogP contribution < -0.4 is 15.5 Å². The van der Waals surface area contributed by atoms with E-state index in [0.717, 1.165) is 69.7 Å². The van der Waals surface area contributed by atoms with Gasteiger partial charge in [-0.1, -0.05) is 19.8 Å². The number of carbonyl (C=O) groups is 2. The van der Waals surface area contributed by atoms with Gasteiger partial charge in [-0.25, -0.2) is 0 Å². The normalized spacial score (nSPS) is 19.5. The number of anilines is 2. The van der Waals surface area contributed by atoms with Gasteiger partial charge in [0.25, 0.3) is 0 Å². The summed E-state index contributed by atoms with van der Waals surface area (Å²) in [5, 5.41) is 5.93. The maximum Gasteiger partial charge on any atom is 0.247 e. The van der Waals surface area contributed by atoms with Gasteiger partial charge in [0, 0.05) is 44.5 Å². The Hall–Kier alpha value is -2.08. The van der Waals surface area contributed by atoms with Crippen molar-refractivity contribution in [1.29, 1.82) is 0 Å². The predicted molar refractivity (Wildman–Crippen MR) is 114 cm³/mol. The monoisotopic (exact) mass is 386 g/mol. The highest BCUT2D eigenvalue weighted by Crippen LogP contribution is 2.29. The molecule has 3 rings (SSSR count). The topological polar surface area (TPSA) is 64.7 Å². The van der Waals surface area contributed by atoms with Crippen molar-refractivity contribution < 1.29 is 9.59 Å². The van der Waals surface area contributed by atoms with Gasteiger partial charge in [-0.2, -0.15) is 0 Å². The van der Waals surface area contributed by atoms with E-state index in [1.807, 2.05) is 13.0 Å². The summed E-state index contributed by atoms with van der Waals surface area (Å²) in [6.45, 7) is 11.1. The van der Waals surface area contributed by atoms with E-state index in [-0.39, 0.29) is 17.7 Å². The largest absolute Gasteiger partial charge is 0.369 e. The Morgan fingerprint density at radius 1 is 1.14 bits per heavy atom. The first-order valence-electron chi connectivity index (χ1n) is 10.6. The van der Waals surface area contributed by atoms with Crippen LogP contribution in [0.3, 0.4) is 0 Å². The fourth-order valence-electron chi connectivity index (χ4n) is 4.42. The fourth-order valence-corrected chi connectivity index (χ4v) is 4.42. The molecule has 2 N–H and O–H groups in total. The van der Waals surface area contributed by atoms with E-state index >= 15 is 0 Å². The zero-order valence-electron chi connectivity index (χ0n) is 17.5. The standard InChI is InChI=1S/C22H34N4O2/c1-4-25-11-13-26(14-12-25)19-9-10-20(16(2)15-19)24-22(28)21(23-17(3)27)18-7-5-6-8-18/h9-10,15,18,21H,4-8,11-14H2,1-3H3,(H,23,27)(H,24,28). The Morgan fingerprint density at radius 2 is 1.82 bits per heavy atom. The minimum atomic E-state index is -0.443. The van der Waals surface area contributed by atoms with E-state index in [1.165, 1.54) is 12.6 Å². The molecule has 0 aromatic heterocycles. The minimum absolute atomic E-state index is 0.102. The zero-order chi connectivity index (χ0) is 20.1. The molecule has 2 fully saturated rings. The van der Waals surface area contributed by atoms with E-state index in [2.05, 4.69) is 39.5 Å². The van der Waals surface area contributed by atoms with Crippen LogP contribution in [0.1, 0.15) is 45.1 Å².